The lowest BCUT2D eigenvalue weighted by molar-refractivity contribution is -0.134. The summed E-state index contributed by atoms with van der Waals surface area (Å²) in [5.74, 6) is -2.64. The molecule has 18 heavy (non-hydrogen) atoms. The lowest BCUT2D eigenvalue weighted by Gasteiger charge is -2.32. The van der Waals surface area contributed by atoms with Gasteiger partial charge >= 0.3 is 5.97 Å². The molecule has 0 aromatic heterocycles. The SMILES string of the molecule is [13CH3][13C]1=[13C]2[13C](=[13CH]O[13C@@H]([13CH3])[13C@@H]2[13CH3])[13C](=O)[13C]([13C](=O)O)=[13C]1O. The molecular formula is C13H14O5. The van der Waals surface area contributed by atoms with Gasteiger partial charge in [0.25, 0.3) is 0 Å². The van der Waals surface area contributed by atoms with Crippen LogP contribution < -0.4 is 0 Å². The number of carboxylic acids is 1. The molecule has 2 rings (SSSR count). The number of aliphatic carboxylic acids is 1. The van der Waals surface area contributed by atoms with E-state index in [0.717, 1.165) is 0 Å². The molecule has 2 aliphatic rings. The average molecular weight is 263 g/mol. The largest absolute Gasteiger partial charge is 0.507 e. The molecule has 0 saturated heterocycles. The van der Waals surface area contributed by atoms with Crippen molar-refractivity contribution in [1.29, 1.82) is 0 Å². The summed E-state index contributed by atoms with van der Waals surface area (Å²) in [4.78, 5) is 23.0. The Balaban J connectivity index is 2.69. The molecule has 0 fully saturated rings. The molecule has 1 aliphatic heterocycles. The molecule has 0 bridgehead atoms. The highest BCUT2D eigenvalue weighted by Gasteiger charge is 2.39. The minimum atomic E-state index is -1.43. The number of aliphatic hydroxyl groups excluding tert-OH is 1. The van der Waals surface area contributed by atoms with Gasteiger partial charge in [0.15, 0.2) is 0 Å². The van der Waals surface area contributed by atoms with Gasteiger partial charge in [-0.25, -0.2) is 4.79 Å². The predicted octanol–water partition coefficient (Wildman–Crippen LogP) is 1.72. The van der Waals surface area contributed by atoms with E-state index in [0.29, 0.717) is 11.1 Å². The van der Waals surface area contributed by atoms with Crippen molar-refractivity contribution in [2.24, 2.45) is 5.92 Å². The molecule has 2 atom stereocenters. The van der Waals surface area contributed by atoms with Gasteiger partial charge in [0.05, 0.1) is 11.8 Å². The van der Waals surface area contributed by atoms with Gasteiger partial charge in [0.2, 0.25) is 5.78 Å². The second-order valence-corrected chi connectivity index (χ2v) is 4.56. The minimum Gasteiger partial charge on any atom is -0.507 e. The number of ketones is 1. The quantitative estimate of drug-likeness (QED) is 0.556. The van der Waals surface area contributed by atoms with Gasteiger partial charge in [0, 0.05) is 5.92 Å². The van der Waals surface area contributed by atoms with E-state index in [-0.39, 0.29) is 17.6 Å². The third-order valence-corrected chi connectivity index (χ3v) is 3.53. The smallest absolute Gasteiger partial charge is 0.343 e. The lowest BCUT2D eigenvalue weighted by atomic mass is 10.8. The lowest BCUT2D eigenvalue weighted by Crippen LogP contribution is -2.32. The Bertz CT molecular complexity index is 536. The first kappa shape index (κ1) is 12.4. The Morgan fingerprint density at radius 1 is 1.39 bits per heavy atom. The fourth-order valence-electron chi connectivity index (χ4n) is 2.31. The zero-order chi connectivity index (χ0) is 13.6. The third-order valence-electron chi connectivity index (χ3n) is 3.53. The molecule has 5 nitrogen and oxygen atoms in total. The molecule has 0 saturated carbocycles. The van der Waals surface area contributed by atoms with Crippen LogP contribution in [0.1, 0.15) is 20.8 Å². The molecule has 0 aromatic rings. The monoisotopic (exact) mass is 263 g/mol. The maximum atomic E-state index is 12.0. The van der Waals surface area contributed by atoms with Crippen LogP contribution in [-0.4, -0.2) is 28.1 Å². The summed E-state index contributed by atoms with van der Waals surface area (Å²) in [5.41, 5.74) is 0.739. The Morgan fingerprint density at radius 2 is 2.00 bits per heavy atom. The van der Waals surface area contributed by atoms with Crippen LogP contribution in [-0.2, 0) is 14.3 Å². The van der Waals surface area contributed by atoms with Crippen molar-refractivity contribution in [3.05, 3.63) is 34.3 Å². The Kier molecular flexibility index (Phi) is 2.77. The third kappa shape index (κ3) is 1.54. The molecular weight excluding hydrogens is 249 g/mol. The molecule has 0 aromatic carbocycles. The molecule has 0 spiro atoms. The van der Waals surface area contributed by atoms with E-state index in [9.17, 15) is 14.7 Å². The van der Waals surface area contributed by atoms with Gasteiger partial charge in [-0.3, -0.25) is 4.79 Å². The summed E-state index contributed by atoms with van der Waals surface area (Å²) >= 11 is 0. The highest BCUT2D eigenvalue weighted by atomic mass is 16.6. The van der Waals surface area contributed by atoms with Crippen LogP contribution in [0.3, 0.4) is 0 Å². The van der Waals surface area contributed by atoms with Gasteiger partial charge in [0.1, 0.15) is 17.4 Å². The number of fused-ring (bicyclic) bond motifs is 1. The van der Waals surface area contributed by atoms with Crippen LogP contribution in [0, 0.1) is 5.92 Å². The van der Waals surface area contributed by atoms with E-state index >= 15 is 0 Å². The summed E-state index contributed by atoms with van der Waals surface area (Å²) in [6.45, 7) is 5.35. The molecule has 5 heteroatoms. The van der Waals surface area contributed by atoms with Crippen molar-refractivity contribution in [2.75, 3.05) is 0 Å². The minimum absolute atomic E-state index is 0.0774. The first-order chi connectivity index (χ1) is 8.36. The van der Waals surface area contributed by atoms with Crippen molar-refractivity contribution >= 4 is 11.8 Å². The van der Waals surface area contributed by atoms with E-state index in [2.05, 4.69) is 0 Å². The van der Waals surface area contributed by atoms with E-state index < -0.39 is 23.1 Å². The molecule has 1 heterocycles. The molecule has 0 radical (unpaired) electrons. The summed E-state index contributed by atoms with van der Waals surface area (Å²) in [6.07, 6.45) is 1.17. The van der Waals surface area contributed by atoms with Crippen LogP contribution >= 0.6 is 0 Å². The Labute approximate surface area is 104 Å². The van der Waals surface area contributed by atoms with Crippen LogP contribution in [0.5, 0.6) is 0 Å². The number of ether oxygens (including phenoxy) is 1. The van der Waals surface area contributed by atoms with E-state index in [1.807, 2.05) is 13.8 Å². The second-order valence-electron chi connectivity index (χ2n) is 4.56. The van der Waals surface area contributed by atoms with Gasteiger partial charge in [-0.15, -0.1) is 0 Å². The highest BCUT2D eigenvalue weighted by molar-refractivity contribution is 6.26. The Hall–Kier alpha value is -2.04. The number of hydrogen-bond acceptors (Lipinski definition) is 4. The normalized spacial score (nSPS) is 27.7. The Morgan fingerprint density at radius 3 is 2.56 bits per heavy atom. The molecule has 0 unspecified atom stereocenters. The fraction of sp³-hybridized carbons (Fsp3) is 0.385. The summed E-state index contributed by atoms with van der Waals surface area (Å²) in [7, 11) is 0. The van der Waals surface area contributed by atoms with Crippen molar-refractivity contribution in [3.8, 4) is 0 Å². The number of allylic oxidation sites excluding steroid dienone is 2. The van der Waals surface area contributed by atoms with Crippen LogP contribution in [0.2, 0.25) is 0 Å². The van der Waals surface area contributed by atoms with Crippen LogP contribution in [0.25, 0.3) is 0 Å². The number of rotatable bonds is 1. The zero-order valence-electron chi connectivity index (χ0n) is 10.4. The first-order valence-corrected chi connectivity index (χ1v) is 5.64. The molecule has 1 aliphatic carbocycles. The number of carbonyl (C=O) groups excluding carboxylic acids is 1. The van der Waals surface area contributed by atoms with Gasteiger partial charge < -0.3 is 14.9 Å². The van der Waals surface area contributed by atoms with E-state index in [1.54, 1.807) is 6.92 Å². The number of Topliss-reactive ketones (excluding diaryl/α,β-unsaturated/α-hetero) is 1. The molecule has 0 amide bonds. The zero-order valence-corrected chi connectivity index (χ0v) is 10.4. The van der Waals surface area contributed by atoms with Crippen molar-refractivity contribution in [2.45, 2.75) is 26.9 Å². The predicted molar refractivity (Wildman–Crippen MR) is 62.8 cm³/mol. The summed E-state index contributed by atoms with van der Waals surface area (Å²) in [6, 6.07) is 0. The first-order valence-electron chi connectivity index (χ1n) is 5.64. The summed E-state index contributed by atoms with van der Waals surface area (Å²) < 4.78 is 5.33. The molecule has 96 valence electrons. The van der Waals surface area contributed by atoms with Gasteiger partial charge in [-0.2, -0.15) is 0 Å². The number of aliphatic hydroxyl groups is 1. The van der Waals surface area contributed by atoms with E-state index in [1.165, 1.54) is 6.26 Å². The number of carbonyl (C=O) groups is 2. The number of carboxylic acid groups (broad SMARTS) is 1. The van der Waals surface area contributed by atoms with Crippen molar-refractivity contribution < 1.29 is 24.5 Å². The van der Waals surface area contributed by atoms with Crippen molar-refractivity contribution in [3.63, 3.8) is 0 Å². The maximum absolute atomic E-state index is 12.0. The van der Waals surface area contributed by atoms with Crippen molar-refractivity contribution in [1.82, 2.24) is 0 Å². The van der Waals surface area contributed by atoms with Gasteiger partial charge in [-0.05, 0) is 25.0 Å². The van der Waals surface area contributed by atoms with Gasteiger partial charge in [-0.1, -0.05) is 6.92 Å². The second kappa shape index (κ2) is 4.01. The topological polar surface area (TPSA) is 83.8 Å². The maximum Gasteiger partial charge on any atom is 0.343 e. The van der Waals surface area contributed by atoms with Crippen LogP contribution in [0.4, 0.5) is 0 Å². The summed E-state index contributed by atoms with van der Waals surface area (Å²) in [5, 5.41) is 18.8. The standard InChI is InChI=1S/C13H14O5/c1-5-7(3)18-4-8-9(5)6(2)11(14)10(12(8)15)13(16)17/h4-5,7,14H,1-3H3,(H,16,17)/t5-,7-/m0/s1/i1+1,2+1,3+1,4+1,5+1,6+1,7+1,8+1,9+1,10+1,11+1,12+1,13+1. The average Bonchev–Trinajstić information content (AvgIpc) is 2.29. The molecule has 2 N–H and O–H groups in total. The number of hydrogen-bond donors (Lipinski definition) is 2. The van der Waals surface area contributed by atoms with E-state index in [4.69, 9.17) is 9.84 Å². The van der Waals surface area contributed by atoms with Crippen LogP contribution in [0.15, 0.2) is 34.3 Å². The highest BCUT2D eigenvalue weighted by Crippen LogP contribution is 2.39. The fourth-order valence-corrected chi connectivity index (χ4v) is 2.31.